The lowest BCUT2D eigenvalue weighted by atomic mass is 9.99. The van der Waals surface area contributed by atoms with Crippen LogP contribution in [0.25, 0.3) is 28.1 Å². The summed E-state index contributed by atoms with van der Waals surface area (Å²) in [5.74, 6) is 0. The fourth-order valence-electron chi connectivity index (χ4n) is 3.57. The molecule has 0 atom stereocenters. The molecule has 0 radical (unpaired) electrons. The smallest absolute Gasteiger partial charge is 0.192 e. The summed E-state index contributed by atoms with van der Waals surface area (Å²) in [6.07, 6.45) is 1.94. The van der Waals surface area contributed by atoms with Gasteiger partial charge in [0, 0.05) is 33.6 Å². The van der Waals surface area contributed by atoms with Gasteiger partial charge >= 0.3 is 0 Å². The van der Waals surface area contributed by atoms with Crippen LogP contribution in [0.3, 0.4) is 0 Å². The molecule has 3 aromatic carbocycles. The highest BCUT2D eigenvalue weighted by molar-refractivity contribution is 6.33. The molecule has 0 unspecified atom stereocenters. The Morgan fingerprint density at radius 1 is 0.750 bits per heavy atom. The molecule has 1 heterocycles. The van der Waals surface area contributed by atoms with E-state index in [1.54, 1.807) is 0 Å². The van der Waals surface area contributed by atoms with E-state index in [1.165, 1.54) is 0 Å². The fourth-order valence-corrected chi connectivity index (χ4v) is 3.80. The molecule has 138 valence electrons. The van der Waals surface area contributed by atoms with Crippen molar-refractivity contribution >= 4 is 11.6 Å². The van der Waals surface area contributed by atoms with Gasteiger partial charge in [-0.15, -0.1) is 0 Å². The highest BCUT2D eigenvalue weighted by Crippen LogP contribution is 2.33. The van der Waals surface area contributed by atoms with Gasteiger partial charge in [0.1, 0.15) is 0 Å². The number of rotatable bonds is 3. The molecule has 0 bridgehead atoms. The zero-order valence-electron chi connectivity index (χ0n) is 15.8. The second-order valence-corrected chi connectivity index (χ2v) is 7.26. The first-order valence-electron chi connectivity index (χ1n) is 9.20. The first-order chi connectivity index (χ1) is 13.6. The van der Waals surface area contributed by atoms with Gasteiger partial charge in [-0.05, 0) is 37.1 Å². The molecule has 0 aliphatic rings. The van der Waals surface area contributed by atoms with Crippen LogP contribution in [0.5, 0.6) is 0 Å². The molecular formula is C25H20ClNO. The van der Waals surface area contributed by atoms with E-state index < -0.39 is 0 Å². The Kier molecular flexibility index (Phi) is 4.89. The van der Waals surface area contributed by atoms with Gasteiger partial charge in [0.05, 0.1) is 5.69 Å². The molecule has 0 saturated carbocycles. The Morgan fingerprint density at radius 3 is 2.11 bits per heavy atom. The van der Waals surface area contributed by atoms with Gasteiger partial charge in [-0.2, -0.15) is 0 Å². The number of nitrogens with zero attached hydrogens (tertiary/aromatic N) is 1. The number of para-hydroxylation sites is 1. The number of benzene rings is 3. The highest BCUT2D eigenvalue weighted by atomic mass is 35.5. The van der Waals surface area contributed by atoms with Crippen molar-refractivity contribution in [1.82, 2.24) is 4.57 Å². The third-order valence-electron chi connectivity index (χ3n) is 5.03. The van der Waals surface area contributed by atoms with Crippen LogP contribution >= 0.6 is 11.6 Å². The third kappa shape index (κ3) is 3.17. The maximum Gasteiger partial charge on any atom is 0.192 e. The van der Waals surface area contributed by atoms with E-state index in [0.29, 0.717) is 16.1 Å². The topological polar surface area (TPSA) is 22.0 Å². The van der Waals surface area contributed by atoms with E-state index in [9.17, 15) is 4.79 Å². The molecule has 0 aliphatic heterocycles. The first kappa shape index (κ1) is 18.3. The lowest BCUT2D eigenvalue weighted by Gasteiger charge is -2.20. The summed E-state index contributed by atoms with van der Waals surface area (Å²) in [7, 11) is 0. The summed E-state index contributed by atoms with van der Waals surface area (Å²) < 4.78 is 2.09. The van der Waals surface area contributed by atoms with Crippen LogP contribution in [0.4, 0.5) is 0 Å². The molecule has 0 amide bonds. The number of halogens is 1. The van der Waals surface area contributed by atoms with E-state index >= 15 is 0 Å². The van der Waals surface area contributed by atoms with Gasteiger partial charge < -0.3 is 4.57 Å². The van der Waals surface area contributed by atoms with Gasteiger partial charge in [0.25, 0.3) is 0 Å². The summed E-state index contributed by atoms with van der Waals surface area (Å²) in [5, 5.41) is 0.625. The van der Waals surface area contributed by atoms with Crippen molar-refractivity contribution in [2.75, 3.05) is 0 Å². The molecule has 0 spiro atoms. The quantitative estimate of drug-likeness (QED) is 0.397. The first-order valence-corrected chi connectivity index (χ1v) is 9.58. The van der Waals surface area contributed by atoms with Crippen LogP contribution in [0.1, 0.15) is 11.1 Å². The Labute approximate surface area is 169 Å². The molecule has 0 saturated heterocycles. The Hall–Kier alpha value is -3.10. The van der Waals surface area contributed by atoms with Gasteiger partial charge in [-0.25, -0.2) is 0 Å². The maximum atomic E-state index is 13.3. The molecular weight excluding hydrogens is 366 g/mol. The number of aromatic nitrogens is 1. The summed E-state index contributed by atoms with van der Waals surface area (Å²) in [6, 6.07) is 25.6. The lowest BCUT2D eigenvalue weighted by Crippen LogP contribution is -2.16. The minimum atomic E-state index is 0.0194. The number of hydrogen-bond donors (Lipinski definition) is 0. The van der Waals surface area contributed by atoms with E-state index in [2.05, 4.69) is 23.6 Å². The highest BCUT2D eigenvalue weighted by Gasteiger charge is 2.18. The predicted molar refractivity (Wildman–Crippen MR) is 117 cm³/mol. The zero-order valence-corrected chi connectivity index (χ0v) is 16.6. The van der Waals surface area contributed by atoms with Gasteiger partial charge in [0.15, 0.2) is 5.43 Å². The zero-order chi connectivity index (χ0) is 19.7. The van der Waals surface area contributed by atoms with Gasteiger partial charge in [-0.3, -0.25) is 4.79 Å². The van der Waals surface area contributed by atoms with Crippen molar-refractivity contribution in [2.45, 2.75) is 13.8 Å². The molecule has 28 heavy (non-hydrogen) atoms. The average molecular weight is 386 g/mol. The Morgan fingerprint density at radius 2 is 1.39 bits per heavy atom. The fraction of sp³-hybridized carbons (Fsp3) is 0.0800. The van der Waals surface area contributed by atoms with Crippen LogP contribution < -0.4 is 5.43 Å². The van der Waals surface area contributed by atoms with Crippen LogP contribution in [-0.4, -0.2) is 4.57 Å². The summed E-state index contributed by atoms with van der Waals surface area (Å²) >= 11 is 6.52. The summed E-state index contributed by atoms with van der Waals surface area (Å²) in [5.41, 5.74) is 6.10. The SMILES string of the molecule is Cc1ccccc1-n1cc(-c2ccccc2)c(=O)c(C)c1-c1ccccc1Cl. The molecule has 0 N–H and O–H groups in total. The van der Waals surface area contributed by atoms with Gasteiger partial charge in [0.2, 0.25) is 0 Å². The van der Waals surface area contributed by atoms with E-state index in [-0.39, 0.29) is 5.43 Å². The molecule has 1 aromatic heterocycles. The van der Waals surface area contributed by atoms with E-state index in [1.807, 2.05) is 79.9 Å². The van der Waals surface area contributed by atoms with E-state index in [0.717, 1.165) is 28.1 Å². The lowest BCUT2D eigenvalue weighted by molar-refractivity contribution is 1.02. The van der Waals surface area contributed by atoms with Crippen molar-refractivity contribution in [1.29, 1.82) is 0 Å². The monoisotopic (exact) mass is 385 g/mol. The second kappa shape index (κ2) is 7.49. The Bertz CT molecular complexity index is 1210. The minimum Gasteiger partial charge on any atom is -0.315 e. The summed E-state index contributed by atoms with van der Waals surface area (Å²) in [6.45, 7) is 3.95. The molecule has 3 heteroatoms. The minimum absolute atomic E-state index is 0.0194. The van der Waals surface area contributed by atoms with Crippen molar-refractivity contribution in [3.63, 3.8) is 0 Å². The summed E-state index contributed by atoms with van der Waals surface area (Å²) in [4.78, 5) is 13.3. The van der Waals surface area contributed by atoms with E-state index in [4.69, 9.17) is 11.6 Å². The normalized spacial score (nSPS) is 10.8. The molecule has 4 aromatic rings. The molecule has 4 rings (SSSR count). The largest absolute Gasteiger partial charge is 0.315 e. The third-order valence-corrected chi connectivity index (χ3v) is 5.36. The van der Waals surface area contributed by atoms with Crippen LogP contribution in [0.2, 0.25) is 5.02 Å². The number of pyridine rings is 1. The standard InChI is InChI=1S/C25H20ClNO/c1-17-10-6-9-15-23(17)27-16-21(19-11-4-3-5-12-19)25(28)18(2)24(27)20-13-7-8-14-22(20)26/h3-16H,1-2H3. The van der Waals surface area contributed by atoms with Crippen molar-refractivity contribution in [3.8, 4) is 28.1 Å². The number of aryl methyl sites for hydroxylation is 1. The Balaban J connectivity index is 2.12. The van der Waals surface area contributed by atoms with Crippen LogP contribution in [0.15, 0.2) is 89.9 Å². The van der Waals surface area contributed by atoms with Crippen LogP contribution in [0, 0.1) is 13.8 Å². The van der Waals surface area contributed by atoms with Crippen LogP contribution in [-0.2, 0) is 0 Å². The molecule has 0 aliphatic carbocycles. The van der Waals surface area contributed by atoms with Gasteiger partial charge in [-0.1, -0.05) is 78.3 Å². The maximum absolute atomic E-state index is 13.3. The van der Waals surface area contributed by atoms with Crippen molar-refractivity contribution in [3.05, 3.63) is 111 Å². The van der Waals surface area contributed by atoms with Crippen molar-refractivity contribution < 1.29 is 0 Å². The number of hydrogen-bond acceptors (Lipinski definition) is 1. The van der Waals surface area contributed by atoms with Crippen molar-refractivity contribution in [2.24, 2.45) is 0 Å². The predicted octanol–water partition coefficient (Wildman–Crippen LogP) is 6.44. The molecule has 0 fully saturated rings. The average Bonchev–Trinajstić information content (AvgIpc) is 2.72. The molecule has 2 nitrogen and oxygen atoms in total. The second-order valence-electron chi connectivity index (χ2n) is 6.85.